The second kappa shape index (κ2) is 4.85. The third kappa shape index (κ3) is 2.07. The van der Waals surface area contributed by atoms with Crippen LogP contribution in [0.5, 0.6) is 0 Å². The van der Waals surface area contributed by atoms with E-state index in [9.17, 15) is 4.79 Å². The Bertz CT molecular complexity index is 678. The van der Waals surface area contributed by atoms with Crippen LogP contribution in [0.3, 0.4) is 0 Å². The highest BCUT2D eigenvalue weighted by Gasteiger charge is 2.30. The number of imidazole rings is 1. The van der Waals surface area contributed by atoms with Crippen molar-refractivity contribution < 1.29 is 4.79 Å². The van der Waals surface area contributed by atoms with Crippen LogP contribution in [0.25, 0.3) is 0 Å². The number of aromatic nitrogens is 3. The number of likely N-dealkylation sites (tertiary alicyclic amines) is 1. The van der Waals surface area contributed by atoms with Gasteiger partial charge in [0.2, 0.25) is 0 Å². The van der Waals surface area contributed by atoms with Crippen LogP contribution in [0.4, 0.5) is 0 Å². The van der Waals surface area contributed by atoms with Gasteiger partial charge < -0.3 is 14.5 Å². The zero-order valence-electron chi connectivity index (χ0n) is 11.2. The molecule has 102 valence electrons. The molecule has 3 rings (SSSR count). The van der Waals surface area contributed by atoms with Gasteiger partial charge in [-0.25, -0.2) is 4.98 Å². The Hall–Kier alpha value is -2.55. The van der Waals surface area contributed by atoms with Crippen molar-refractivity contribution in [2.24, 2.45) is 7.05 Å². The number of carbonyl (C=O) groups excluding carboxylic acids is 1. The molecule has 20 heavy (non-hydrogen) atoms. The van der Waals surface area contributed by atoms with E-state index in [4.69, 9.17) is 5.26 Å². The first-order valence-electron chi connectivity index (χ1n) is 6.54. The van der Waals surface area contributed by atoms with E-state index >= 15 is 0 Å². The summed E-state index contributed by atoms with van der Waals surface area (Å²) in [6.07, 6.45) is 6.18. The number of nitrogens with zero attached hydrogens (tertiary/aromatic N) is 4. The van der Waals surface area contributed by atoms with Crippen molar-refractivity contribution >= 4 is 5.91 Å². The van der Waals surface area contributed by atoms with Gasteiger partial charge >= 0.3 is 0 Å². The first kappa shape index (κ1) is 12.5. The summed E-state index contributed by atoms with van der Waals surface area (Å²) in [6, 6.07) is 3.61. The van der Waals surface area contributed by atoms with Crippen molar-refractivity contribution in [3.05, 3.63) is 41.7 Å². The van der Waals surface area contributed by atoms with Gasteiger partial charge in [-0.2, -0.15) is 5.26 Å². The maximum absolute atomic E-state index is 12.3. The number of rotatable bonds is 2. The van der Waals surface area contributed by atoms with E-state index in [0.717, 1.165) is 18.8 Å². The monoisotopic (exact) mass is 269 g/mol. The van der Waals surface area contributed by atoms with Crippen LogP contribution >= 0.6 is 0 Å². The van der Waals surface area contributed by atoms with E-state index in [0.29, 0.717) is 17.8 Å². The number of amides is 1. The fourth-order valence-electron chi connectivity index (χ4n) is 2.68. The molecule has 1 N–H and O–H groups in total. The van der Waals surface area contributed by atoms with Crippen molar-refractivity contribution in [1.29, 1.82) is 5.26 Å². The van der Waals surface area contributed by atoms with Crippen molar-refractivity contribution in [3.63, 3.8) is 0 Å². The predicted molar refractivity (Wildman–Crippen MR) is 72.0 cm³/mol. The molecule has 1 atom stereocenters. The molecule has 1 fully saturated rings. The molecule has 0 aromatic carbocycles. The number of aryl methyl sites for hydroxylation is 1. The fourth-order valence-corrected chi connectivity index (χ4v) is 2.68. The van der Waals surface area contributed by atoms with Gasteiger partial charge in [-0.3, -0.25) is 4.79 Å². The van der Waals surface area contributed by atoms with Gasteiger partial charge in [-0.15, -0.1) is 0 Å². The maximum atomic E-state index is 12.3. The van der Waals surface area contributed by atoms with Gasteiger partial charge in [-0.1, -0.05) is 0 Å². The van der Waals surface area contributed by atoms with Gasteiger partial charge in [0, 0.05) is 44.6 Å². The number of aromatic amines is 1. The second-order valence-electron chi connectivity index (χ2n) is 5.05. The Morgan fingerprint density at radius 3 is 3.10 bits per heavy atom. The second-order valence-corrected chi connectivity index (χ2v) is 5.05. The predicted octanol–water partition coefficient (Wildman–Crippen LogP) is 1.25. The number of nitriles is 1. The highest BCUT2D eigenvalue weighted by molar-refractivity contribution is 5.93. The van der Waals surface area contributed by atoms with Crippen LogP contribution in [0, 0.1) is 11.3 Å². The summed E-state index contributed by atoms with van der Waals surface area (Å²) in [4.78, 5) is 21.4. The molecule has 0 spiro atoms. The summed E-state index contributed by atoms with van der Waals surface area (Å²) in [5, 5.41) is 8.79. The molecule has 0 radical (unpaired) electrons. The van der Waals surface area contributed by atoms with Crippen LogP contribution in [0.15, 0.2) is 24.7 Å². The van der Waals surface area contributed by atoms with Gasteiger partial charge in [-0.05, 0) is 12.5 Å². The van der Waals surface area contributed by atoms with E-state index in [-0.39, 0.29) is 11.8 Å². The van der Waals surface area contributed by atoms with E-state index < -0.39 is 0 Å². The summed E-state index contributed by atoms with van der Waals surface area (Å²) in [6.45, 7) is 1.39. The summed E-state index contributed by atoms with van der Waals surface area (Å²) in [5.74, 6) is 1.25. The van der Waals surface area contributed by atoms with E-state index in [1.54, 1.807) is 18.5 Å². The molecule has 6 nitrogen and oxygen atoms in total. The van der Waals surface area contributed by atoms with E-state index in [1.165, 1.54) is 0 Å². The standard InChI is InChI=1S/C14H15N5O/c1-18-5-3-16-13(18)11-2-4-19(9-11)14(20)12-6-10(7-15)8-17-12/h3,5-6,8,11,17H,2,4,9H2,1H3. The molecule has 2 aromatic rings. The molecular formula is C14H15N5O. The summed E-state index contributed by atoms with van der Waals surface area (Å²) in [7, 11) is 1.97. The molecular weight excluding hydrogens is 254 g/mol. The molecule has 1 amide bonds. The lowest BCUT2D eigenvalue weighted by atomic mass is 10.1. The molecule has 0 aliphatic carbocycles. The van der Waals surface area contributed by atoms with Crippen molar-refractivity contribution in [2.75, 3.05) is 13.1 Å². The van der Waals surface area contributed by atoms with Gasteiger partial charge in [0.1, 0.15) is 17.6 Å². The van der Waals surface area contributed by atoms with Crippen LogP contribution in [0.1, 0.15) is 34.2 Å². The zero-order chi connectivity index (χ0) is 14.1. The third-order valence-corrected chi connectivity index (χ3v) is 3.74. The molecule has 1 unspecified atom stereocenters. The summed E-state index contributed by atoms with van der Waals surface area (Å²) < 4.78 is 2.00. The summed E-state index contributed by atoms with van der Waals surface area (Å²) >= 11 is 0. The normalized spacial score (nSPS) is 18.2. The average molecular weight is 269 g/mol. The van der Waals surface area contributed by atoms with E-state index in [2.05, 4.69) is 9.97 Å². The Morgan fingerprint density at radius 1 is 1.60 bits per heavy atom. The van der Waals surface area contributed by atoms with Crippen LogP contribution in [-0.2, 0) is 7.05 Å². The van der Waals surface area contributed by atoms with Crippen molar-refractivity contribution in [1.82, 2.24) is 19.4 Å². The zero-order valence-corrected chi connectivity index (χ0v) is 11.2. The number of nitrogens with one attached hydrogen (secondary N) is 1. The largest absolute Gasteiger partial charge is 0.356 e. The van der Waals surface area contributed by atoms with Gasteiger partial charge in [0.25, 0.3) is 5.91 Å². The highest BCUT2D eigenvalue weighted by atomic mass is 16.2. The average Bonchev–Trinajstić information content (AvgIpc) is 3.17. The fraction of sp³-hybridized carbons (Fsp3) is 0.357. The molecule has 6 heteroatoms. The Kier molecular flexibility index (Phi) is 3.03. The van der Waals surface area contributed by atoms with Crippen molar-refractivity contribution in [3.8, 4) is 6.07 Å². The van der Waals surface area contributed by atoms with Crippen LogP contribution < -0.4 is 0 Å². The highest BCUT2D eigenvalue weighted by Crippen LogP contribution is 2.26. The first-order valence-corrected chi connectivity index (χ1v) is 6.54. The lowest BCUT2D eigenvalue weighted by molar-refractivity contribution is 0.0785. The SMILES string of the molecule is Cn1ccnc1C1CCN(C(=O)c2cc(C#N)c[nH]2)C1. The molecule has 0 saturated carbocycles. The molecule has 1 aliphatic heterocycles. The Balaban J connectivity index is 1.72. The molecule has 1 saturated heterocycles. The number of hydrogen-bond acceptors (Lipinski definition) is 3. The van der Waals surface area contributed by atoms with Crippen LogP contribution in [0.2, 0.25) is 0 Å². The third-order valence-electron chi connectivity index (χ3n) is 3.74. The maximum Gasteiger partial charge on any atom is 0.270 e. The number of carbonyl (C=O) groups is 1. The lowest BCUT2D eigenvalue weighted by Gasteiger charge is -2.15. The van der Waals surface area contributed by atoms with Gasteiger partial charge in [0.15, 0.2) is 0 Å². The minimum Gasteiger partial charge on any atom is -0.356 e. The first-order chi connectivity index (χ1) is 9.69. The smallest absolute Gasteiger partial charge is 0.270 e. The van der Waals surface area contributed by atoms with Gasteiger partial charge in [0.05, 0.1) is 5.56 Å². The Morgan fingerprint density at radius 2 is 2.45 bits per heavy atom. The topological polar surface area (TPSA) is 77.7 Å². The minimum atomic E-state index is -0.0526. The Labute approximate surface area is 116 Å². The van der Waals surface area contributed by atoms with Crippen LogP contribution in [-0.4, -0.2) is 38.4 Å². The van der Waals surface area contributed by atoms with Crippen molar-refractivity contribution in [2.45, 2.75) is 12.3 Å². The quantitative estimate of drug-likeness (QED) is 0.891. The van der Waals surface area contributed by atoms with E-state index in [1.807, 2.05) is 28.8 Å². The summed E-state index contributed by atoms with van der Waals surface area (Å²) in [5.41, 5.74) is 0.954. The molecule has 0 bridgehead atoms. The number of hydrogen-bond donors (Lipinski definition) is 1. The number of H-pyrrole nitrogens is 1. The minimum absolute atomic E-state index is 0.0526. The molecule has 1 aliphatic rings. The lowest BCUT2D eigenvalue weighted by Crippen LogP contribution is -2.28. The molecule has 2 aromatic heterocycles. The molecule has 3 heterocycles.